The summed E-state index contributed by atoms with van der Waals surface area (Å²) in [4.78, 5) is 22.7. The molecule has 3 aromatic rings. The van der Waals surface area contributed by atoms with Crippen molar-refractivity contribution < 1.29 is 14.1 Å². The van der Waals surface area contributed by atoms with Crippen LogP contribution in [-0.2, 0) is 4.74 Å². The average Bonchev–Trinajstić information content (AvgIpc) is 3.19. The molecule has 1 aliphatic heterocycles. The zero-order valence-electron chi connectivity index (χ0n) is 14.5. The number of nitrogens with zero attached hydrogens (tertiary/aromatic N) is 4. The molecule has 26 heavy (non-hydrogen) atoms. The quantitative estimate of drug-likeness (QED) is 0.628. The minimum atomic E-state index is 0.0218. The van der Waals surface area contributed by atoms with Gasteiger partial charge in [0.15, 0.2) is 12.0 Å². The second-order valence-corrected chi connectivity index (χ2v) is 7.68. The first-order valence-corrected chi connectivity index (χ1v) is 9.50. The van der Waals surface area contributed by atoms with E-state index in [0.717, 1.165) is 12.0 Å². The third-order valence-electron chi connectivity index (χ3n) is 4.22. The number of rotatable bonds is 3. The second-order valence-electron chi connectivity index (χ2n) is 6.44. The number of carbonyl (C=O) groups is 1. The Labute approximate surface area is 158 Å². The average molecular weight is 393 g/mol. The lowest BCUT2D eigenvalue weighted by atomic mass is 10.1. The van der Waals surface area contributed by atoms with Crippen molar-refractivity contribution in [3.8, 4) is 10.7 Å². The Morgan fingerprint density at radius 2 is 2.04 bits per heavy atom. The molecule has 2 atom stereocenters. The molecule has 0 N–H and O–H groups in total. The largest absolute Gasteiger partial charge is 0.372 e. The number of pyridine rings is 1. The summed E-state index contributed by atoms with van der Waals surface area (Å²) in [6.07, 6.45) is 0.761. The van der Waals surface area contributed by atoms with Gasteiger partial charge in [-0.1, -0.05) is 16.8 Å². The van der Waals surface area contributed by atoms with Gasteiger partial charge in [-0.3, -0.25) is 4.79 Å². The second kappa shape index (κ2) is 6.61. The maximum absolute atomic E-state index is 11.8. The van der Waals surface area contributed by atoms with Crippen molar-refractivity contribution in [3.63, 3.8) is 0 Å². The van der Waals surface area contributed by atoms with Gasteiger partial charge in [0, 0.05) is 24.2 Å². The zero-order valence-corrected chi connectivity index (χ0v) is 16.1. The van der Waals surface area contributed by atoms with Crippen LogP contribution in [-0.4, -0.2) is 46.7 Å². The van der Waals surface area contributed by atoms with Crippen LogP contribution in [0.3, 0.4) is 0 Å². The van der Waals surface area contributed by atoms with E-state index in [1.54, 1.807) is 0 Å². The topological polar surface area (TPSA) is 81.4 Å². The first-order chi connectivity index (χ1) is 12.5. The molecule has 1 fully saturated rings. The van der Waals surface area contributed by atoms with Crippen LogP contribution in [0.5, 0.6) is 0 Å². The predicted molar refractivity (Wildman–Crippen MR) is 100 cm³/mol. The van der Waals surface area contributed by atoms with Gasteiger partial charge in [0.25, 0.3) is 0 Å². The molecule has 1 aliphatic rings. The van der Waals surface area contributed by atoms with E-state index in [4.69, 9.17) is 20.9 Å². The third kappa shape index (κ3) is 2.87. The number of carbonyl (C=O) groups excluding carboxylic acids is 1. The molecule has 3 aromatic heterocycles. The van der Waals surface area contributed by atoms with Crippen molar-refractivity contribution >= 4 is 46.0 Å². The Morgan fingerprint density at radius 1 is 1.31 bits per heavy atom. The number of morpholine rings is 1. The Kier molecular flexibility index (Phi) is 4.42. The lowest BCUT2D eigenvalue weighted by Crippen LogP contribution is -2.46. The van der Waals surface area contributed by atoms with Crippen LogP contribution in [0.2, 0.25) is 5.02 Å². The van der Waals surface area contributed by atoms with Gasteiger partial charge in [-0.2, -0.15) is 0 Å². The number of hydrogen-bond acceptors (Lipinski definition) is 8. The van der Waals surface area contributed by atoms with E-state index in [-0.39, 0.29) is 17.9 Å². The lowest BCUT2D eigenvalue weighted by Gasteiger charge is -2.37. The van der Waals surface area contributed by atoms with Crippen LogP contribution in [0.1, 0.15) is 30.0 Å². The summed E-state index contributed by atoms with van der Waals surface area (Å²) in [5, 5.41) is 7.04. The highest BCUT2D eigenvalue weighted by Crippen LogP contribution is 2.39. The van der Waals surface area contributed by atoms with Gasteiger partial charge in [0.2, 0.25) is 5.58 Å². The van der Waals surface area contributed by atoms with Gasteiger partial charge in [0.1, 0.15) is 21.2 Å². The van der Waals surface area contributed by atoms with Crippen LogP contribution < -0.4 is 4.90 Å². The fraction of sp³-hybridized carbons (Fsp3) is 0.412. The Balaban J connectivity index is 1.87. The molecule has 0 aromatic carbocycles. The fourth-order valence-electron chi connectivity index (χ4n) is 3.27. The number of hydrogen-bond donors (Lipinski definition) is 0. The Bertz CT molecular complexity index is 976. The molecule has 136 valence electrons. The number of aryl methyl sites for hydroxylation is 1. The summed E-state index contributed by atoms with van der Waals surface area (Å²) in [5.74, 6) is 0. The first-order valence-electron chi connectivity index (χ1n) is 8.25. The van der Waals surface area contributed by atoms with Crippen molar-refractivity contribution in [2.75, 3.05) is 18.0 Å². The minimum Gasteiger partial charge on any atom is -0.372 e. The van der Waals surface area contributed by atoms with Crippen molar-refractivity contribution in [2.45, 2.75) is 33.0 Å². The molecule has 0 spiro atoms. The maximum atomic E-state index is 11.8. The molecule has 0 radical (unpaired) electrons. The zero-order chi connectivity index (χ0) is 18.4. The number of anilines is 1. The molecule has 0 bridgehead atoms. The number of aldehydes is 1. The van der Waals surface area contributed by atoms with Crippen LogP contribution >= 0.6 is 22.9 Å². The fourth-order valence-corrected chi connectivity index (χ4v) is 4.39. The molecular formula is C17H17ClN4O3S. The molecule has 0 aliphatic carbocycles. The van der Waals surface area contributed by atoms with Gasteiger partial charge in [-0.05, 0) is 20.8 Å². The molecule has 9 heteroatoms. The molecule has 7 nitrogen and oxygen atoms in total. The van der Waals surface area contributed by atoms with Gasteiger partial charge in [-0.15, -0.1) is 11.3 Å². The van der Waals surface area contributed by atoms with E-state index in [1.165, 1.54) is 11.3 Å². The highest BCUT2D eigenvalue weighted by molar-refractivity contribution is 7.13. The van der Waals surface area contributed by atoms with Gasteiger partial charge in [0.05, 0.1) is 17.9 Å². The van der Waals surface area contributed by atoms with Crippen LogP contribution in [0.15, 0.2) is 9.90 Å². The number of ether oxygens (including phenoxy) is 1. The summed E-state index contributed by atoms with van der Waals surface area (Å²) in [6, 6.07) is 0. The summed E-state index contributed by atoms with van der Waals surface area (Å²) >= 11 is 8.07. The molecule has 4 rings (SSSR count). The van der Waals surface area contributed by atoms with Crippen molar-refractivity contribution in [1.29, 1.82) is 0 Å². The van der Waals surface area contributed by atoms with Gasteiger partial charge in [-0.25, -0.2) is 9.97 Å². The maximum Gasteiger partial charge on any atom is 0.206 e. The standard InChI is InChI=1S/C17H17ClN4O3S/c1-8-7-26-17(19-8)14-13-16(25-21-14)12(18)15(11(6-23)20-13)22-4-9(2)24-10(3)5-22/h6-7,9-10H,4-5H2,1-3H3/t9-,10+. The smallest absolute Gasteiger partial charge is 0.206 e. The molecular weight excluding hydrogens is 376 g/mol. The SMILES string of the molecule is Cc1csc(-c2noc3c(Cl)c(N4C[C@@H](C)O[C@@H](C)C4)c(C=O)nc23)n1. The first kappa shape index (κ1) is 17.4. The summed E-state index contributed by atoms with van der Waals surface area (Å²) < 4.78 is 11.2. The molecule has 4 heterocycles. The highest BCUT2D eigenvalue weighted by atomic mass is 35.5. The molecule has 0 amide bonds. The van der Waals surface area contributed by atoms with Crippen molar-refractivity contribution in [3.05, 3.63) is 21.8 Å². The summed E-state index contributed by atoms with van der Waals surface area (Å²) in [5.41, 5.74) is 3.02. The van der Waals surface area contributed by atoms with E-state index in [9.17, 15) is 4.79 Å². The normalized spacial score (nSPS) is 20.7. The van der Waals surface area contributed by atoms with Crippen molar-refractivity contribution in [2.24, 2.45) is 0 Å². The summed E-state index contributed by atoms with van der Waals surface area (Å²) in [6.45, 7) is 7.11. The van der Waals surface area contributed by atoms with E-state index in [2.05, 4.69) is 15.1 Å². The Morgan fingerprint density at radius 3 is 2.65 bits per heavy atom. The molecule has 0 unspecified atom stereocenters. The van der Waals surface area contributed by atoms with Crippen molar-refractivity contribution in [1.82, 2.24) is 15.1 Å². The molecule has 1 saturated heterocycles. The van der Waals surface area contributed by atoms with Crippen LogP contribution in [0, 0.1) is 6.92 Å². The Hall–Kier alpha value is -2.03. The highest BCUT2D eigenvalue weighted by Gasteiger charge is 2.29. The number of halogens is 1. The van der Waals surface area contributed by atoms with Crippen LogP contribution in [0.4, 0.5) is 5.69 Å². The predicted octanol–water partition coefficient (Wildman–Crippen LogP) is 3.73. The van der Waals surface area contributed by atoms with Gasteiger partial charge < -0.3 is 14.2 Å². The van der Waals surface area contributed by atoms with Gasteiger partial charge >= 0.3 is 0 Å². The van der Waals surface area contributed by atoms with E-state index >= 15 is 0 Å². The minimum absolute atomic E-state index is 0.0218. The van der Waals surface area contributed by atoms with E-state index in [0.29, 0.717) is 45.6 Å². The molecule has 0 saturated carbocycles. The number of aromatic nitrogens is 3. The number of thiazole rings is 1. The van der Waals surface area contributed by atoms with E-state index in [1.807, 2.05) is 31.1 Å². The number of fused-ring (bicyclic) bond motifs is 1. The summed E-state index contributed by atoms with van der Waals surface area (Å²) in [7, 11) is 0. The monoisotopic (exact) mass is 392 g/mol. The third-order valence-corrected chi connectivity index (χ3v) is 5.54. The van der Waals surface area contributed by atoms with E-state index < -0.39 is 0 Å². The van der Waals surface area contributed by atoms with Crippen LogP contribution in [0.25, 0.3) is 21.8 Å². The lowest BCUT2D eigenvalue weighted by molar-refractivity contribution is -0.00526.